The second-order valence-electron chi connectivity index (χ2n) is 4.29. The van der Waals surface area contributed by atoms with Crippen LogP contribution in [0.25, 0.3) is 11.5 Å². The van der Waals surface area contributed by atoms with Gasteiger partial charge in [0, 0.05) is 27.2 Å². The molecule has 98 valence electrons. The number of rotatable bonds is 1. The summed E-state index contributed by atoms with van der Waals surface area (Å²) in [4.78, 5) is 4.67. The molecule has 2 aromatic heterocycles. The summed E-state index contributed by atoms with van der Waals surface area (Å²) in [5.74, 6) is 1.01. The average molecular weight is 247 g/mol. The lowest BCUT2D eigenvalue weighted by Crippen LogP contribution is -2.07. The SMILES string of the molecule is CC.Cc1cc(-c2nc3c(n2C)CNC3)n(C)n1. The first-order chi connectivity index (χ1) is 8.66. The zero-order valence-electron chi connectivity index (χ0n) is 11.8. The Morgan fingerprint density at radius 1 is 1.22 bits per heavy atom. The van der Waals surface area contributed by atoms with Crippen molar-refractivity contribution < 1.29 is 0 Å². The molecule has 0 amide bonds. The molecule has 1 N–H and O–H groups in total. The lowest BCUT2D eigenvalue weighted by Gasteiger charge is -2.04. The summed E-state index contributed by atoms with van der Waals surface area (Å²) < 4.78 is 4.05. The van der Waals surface area contributed by atoms with E-state index >= 15 is 0 Å². The smallest absolute Gasteiger partial charge is 0.158 e. The summed E-state index contributed by atoms with van der Waals surface area (Å²) in [5, 5.41) is 7.66. The monoisotopic (exact) mass is 247 g/mol. The molecule has 18 heavy (non-hydrogen) atoms. The van der Waals surface area contributed by atoms with Gasteiger partial charge in [-0.3, -0.25) is 4.68 Å². The molecule has 1 aliphatic rings. The van der Waals surface area contributed by atoms with Gasteiger partial charge in [0.05, 0.1) is 17.1 Å². The number of imidazole rings is 1. The van der Waals surface area contributed by atoms with Crippen molar-refractivity contribution in [3.63, 3.8) is 0 Å². The van der Waals surface area contributed by atoms with Gasteiger partial charge in [-0.15, -0.1) is 0 Å². The summed E-state index contributed by atoms with van der Waals surface area (Å²) >= 11 is 0. The van der Waals surface area contributed by atoms with E-state index in [1.54, 1.807) is 0 Å². The predicted octanol–water partition coefficient (Wildman–Crippen LogP) is 1.76. The van der Waals surface area contributed by atoms with Crippen molar-refractivity contribution >= 4 is 0 Å². The van der Waals surface area contributed by atoms with Crippen LogP contribution < -0.4 is 5.32 Å². The molecule has 5 nitrogen and oxygen atoms in total. The molecule has 0 unspecified atom stereocenters. The van der Waals surface area contributed by atoms with Gasteiger partial charge in [0.1, 0.15) is 5.69 Å². The van der Waals surface area contributed by atoms with Crippen LogP contribution in [0.5, 0.6) is 0 Å². The maximum absolute atomic E-state index is 4.67. The van der Waals surface area contributed by atoms with Crippen LogP contribution in [0.4, 0.5) is 0 Å². The van der Waals surface area contributed by atoms with E-state index in [9.17, 15) is 0 Å². The molecule has 0 saturated carbocycles. The van der Waals surface area contributed by atoms with E-state index in [1.165, 1.54) is 5.69 Å². The van der Waals surface area contributed by atoms with Gasteiger partial charge in [-0.05, 0) is 13.0 Å². The van der Waals surface area contributed by atoms with Crippen LogP contribution in [0.15, 0.2) is 6.07 Å². The van der Waals surface area contributed by atoms with E-state index in [2.05, 4.69) is 33.1 Å². The van der Waals surface area contributed by atoms with Crippen molar-refractivity contribution in [1.82, 2.24) is 24.6 Å². The number of fused-ring (bicyclic) bond motifs is 1. The number of nitrogens with zero attached hydrogens (tertiary/aromatic N) is 4. The first-order valence-corrected chi connectivity index (χ1v) is 6.43. The van der Waals surface area contributed by atoms with Crippen molar-refractivity contribution in [3.8, 4) is 11.5 Å². The molecular formula is C13H21N5. The number of hydrogen-bond acceptors (Lipinski definition) is 3. The summed E-state index contributed by atoms with van der Waals surface area (Å²) in [7, 11) is 4.02. The van der Waals surface area contributed by atoms with Crippen LogP contribution in [0.2, 0.25) is 0 Å². The van der Waals surface area contributed by atoms with Crippen molar-refractivity contribution in [2.75, 3.05) is 0 Å². The predicted molar refractivity (Wildman–Crippen MR) is 72.0 cm³/mol. The first kappa shape index (κ1) is 12.8. The van der Waals surface area contributed by atoms with E-state index < -0.39 is 0 Å². The van der Waals surface area contributed by atoms with Gasteiger partial charge in [0.2, 0.25) is 0 Å². The van der Waals surface area contributed by atoms with Crippen LogP contribution in [-0.2, 0) is 27.2 Å². The summed E-state index contributed by atoms with van der Waals surface area (Å²) in [6.07, 6.45) is 0. The van der Waals surface area contributed by atoms with Crippen LogP contribution in [-0.4, -0.2) is 19.3 Å². The van der Waals surface area contributed by atoms with Crippen LogP contribution >= 0.6 is 0 Å². The quantitative estimate of drug-likeness (QED) is 0.835. The molecular weight excluding hydrogens is 226 g/mol. The Morgan fingerprint density at radius 2 is 1.94 bits per heavy atom. The fraction of sp³-hybridized carbons (Fsp3) is 0.538. The molecule has 0 saturated heterocycles. The molecule has 0 spiro atoms. The Kier molecular flexibility index (Phi) is 3.52. The molecule has 0 radical (unpaired) electrons. The minimum Gasteiger partial charge on any atom is -0.328 e. The second kappa shape index (κ2) is 4.94. The van der Waals surface area contributed by atoms with Gasteiger partial charge in [0.15, 0.2) is 5.82 Å². The van der Waals surface area contributed by atoms with E-state index in [1.807, 2.05) is 32.5 Å². The zero-order chi connectivity index (χ0) is 13.3. The zero-order valence-corrected chi connectivity index (χ0v) is 11.8. The lowest BCUT2D eigenvalue weighted by molar-refractivity contribution is 0.706. The average Bonchev–Trinajstić information content (AvgIpc) is 3.00. The van der Waals surface area contributed by atoms with E-state index in [0.29, 0.717) is 0 Å². The number of aryl methyl sites for hydroxylation is 2. The lowest BCUT2D eigenvalue weighted by atomic mass is 10.3. The highest BCUT2D eigenvalue weighted by Crippen LogP contribution is 2.24. The molecule has 1 aliphatic heterocycles. The van der Waals surface area contributed by atoms with Gasteiger partial charge >= 0.3 is 0 Å². The fourth-order valence-electron chi connectivity index (χ4n) is 2.30. The van der Waals surface area contributed by atoms with Crippen LogP contribution in [0.3, 0.4) is 0 Å². The van der Waals surface area contributed by atoms with Gasteiger partial charge in [-0.1, -0.05) is 13.8 Å². The van der Waals surface area contributed by atoms with Gasteiger partial charge in [0.25, 0.3) is 0 Å². The summed E-state index contributed by atoms with van der Waals surface area (Å²) in [6, 6.07) is 2.07. The minimum absolute atomic E-state index is 0.875. The summed E-state index contributed by atoms with van der Waals surface area (Å²) in [6.45, 7) is 7.79. The minimum atomic E-state index is 0.875. The Labute approximate surface area is 108 Å². The molecule has 0 aromatic carbocycles. The fourth-order valence-corrected chi connectivity index (χ4v) is 2.30. The molecule has 0 fully saturated rings. The third kappa shape index (κ3) is 1.95. The largest absolute Gasteiger partial charge is 0.328 e. The maximum Gasteiger partial charge on any atom is 0.158 e. The van der Waals surface area contributed by atoms with Crippen molar-refractivity contribution in [1.29, 1.82) is 0 Å². The molecule has 3 rings (SSSR count). The molecule has 0 bridgehead atoms. The topological polar surface area (TPSA) is 47.7 Å². The highest BCUT2D eigenvalue weighted by Gasteiger charge is 2.21. The Morgan fingerprint density at radius 3 is 2.50 bits per heavy atom. The van der Waals surface area contributed by atoms with E-state index in [4.69, 9.17) is 0 Å². The van der Waals surface area contributed by atoms with Crippen molar-refractivity contribution in [3.05, 3.63) is 23.1 Å². The van der Waals surface area contributed by atoms with Crippen molar-refractivity contribution in [2.24, 2.45) is 14.1 Å². The standard InChI is InChI=1S/C11H15N5.C2H6/c1-7-4-9(16(3)14-7)11-13-8-5-12-6-10(8)15(11)2;1-2/h4,12H,5-6H2,1-3H3;1-2H3. The highest BCUT2D eigenvalue weighted by atomic mass is 15.3. The number of aromatic nitrogens is 4. The Bertz CT molecular complexity index is 550. The van der Waals surface area contributed by atoms with Crippen LogP contribution in [0, 0.1) is 6.92 Å². The van der Waals surface area contributed by atoms with Crippen molar-refractivity contribution in [2.45, 2.75) is 33.9 Å². The molecule has 3 heterocycles. The third-order valence-electron chi connectivity index (χ3n) is 3.11. The van der Waals surface area contributed by atoms with Crippen LogP contribution in [0.1, 0.15) is 30.9 Å². The molecule has 5 heteroatoms. The maximum atomic E-state index is 4.67. The molecule has 0 aliphatic carbocycles. The highest BCUT2D eigenvalue weighted by molar-refractivity contribution is 5.53. The molecule has 0 atom stereocenters. The van der Waals surface area contributed by atoms with E-state index in [-0.39, 0.29) is 0 Å². The normalized spacial score (nSPS) is 13.2. The number of hydrogen-bond donors (Lipinski definition) is 1. The Balaban J connectivity index is 0.000000574. The molecule has 2 aromatic rings. The third-order valence-corrected chi connectivity index (χ3v) is 3.11. The van der Waals surface area contributed by atoms with Gasteiger partial charge in [-0.25, -0.2) is 4.98 Å². The van der Waals surface area contributed by atoms with E-state index in [0.717, 1.165) is 36.0 Å². The number of nitrogens with one attached hydrogen (secondary N) is 1. The summed E-state index contributed by atoms with van der Waals surface area (Å²) in [5.41, 5.74) is 4.55. The van der Waals surface area contributed by atoms with Gasteiger partial charge < -0.3 is 9.88 Å². The second-order valence-corrected chi connectivity index (χ2v) is 4.29. The van der Waals surface area contributed by atoms with Gasteiger partial charge in [-0.2, -0.15) is 5.10 Å². The first-order valence-electron chi connectivity index (χ1n) is 6.43. The Hall–Kier alpha value is -1.62.